The van der Waals surface area contributed by atoms with E-state index in [9.17, 15) is 0 Å². The Balaban J connectivity index is 2.23. The molecule has 0 bridgehead atoms. The fourth-order valence-corrected chi connectivity index (χ4v) is 2.38. The molecular formula is C12H23N3S. The average molecular weight is 241 g/mol. The fraction of sp³-hybridized carbons (Fsp3) is 0.750. The molecule has 4 heteroatoms. The lowest BCUT2D eigenvalue weighted by Gasteiger charge is -2.30. The summed E-state index contributed by atoms with van der Waals surface area (Å²) < 4.78 is 0. The fourth-order valence-electron chi connectivity index (χ4n) is 1.79. The summed E-state index contributed by atoms with van der Waals surface area (Å²) in [7, 11) is 0. The van der Waals surface area contributed by atoms with Gasteiger partial charge in [0.25, 0.3) is 0 Å². The summed E-state index contributed by atoms with van der Waals surface area (Å²) in [6.07, 6.45) is 3.30. The van der Waals surface area contributed by atoms with Crippen LogP contribution in [-0.2, 0) is 6.42 Å². The van der Waals surface area contributed by atoms with Crippen molar-refractivity contribution in [3.63, 3.8) is 0 Å². The first-order valence-electron chi connectivity index (χ1n) is 6.04. The van der Waals surface area contributed by atoms with Crippen molar-refractivity contribution in [1.82, 2.24) is 10.3 Å². The summed E-state index contributed by atoms with van der Waals surface area (Å²) >= 11 is 1.66. The largest absolute Gasteiger partial charge is 0.330 e. The van der Waals surface area contributed by atoms with Crippen LogP contribution in [0.4, 0.5) is 0 Å². The molecular weight excluding hydrogens is 218 g/mol. The molecule has 0 saturated heterocycles. The topological polar surface area (TPSA) is 50.9 Å². The Bertz CT molecular complexity index is 260. The second-order valence-electron chi connectivity index (χ2n) is 4.32. The lowest BCUT2D eigenvalue weighted by molar-refractivity contribution is 0.260. The number of nitrogens with zero attached hydrogens (tertiary/aromatic N) is 1. The molecule has 0 aliphatic rings. The minimum Gasteiger partial charge on any atom is -0.330 e. The van der Waals surface area contributed by atoms with Crippen LogP contribution in [0, 0.1) is 5.41 Å². The van der Waals surface area contributed by atoms with Crippen molar-refractivity contribution in [3.05, 3.63) is 16.6 Å². The highest BCUT2D eigenvalue weighted by Gasteiger charge is 2.23. The van der Waals surface area contributed by atoms with Gasteiger partial charge in [-0.1, -0.05) is 13.8 Å². The van der Waals surface area contributed by atoms with E-state index in [2.05, 4.69) is 29.5 Å². The van der Waals surface area contributed by atoms with Gasteiger partial charge in [-0.15, -0.1) is 11.3 Å². The second kappa shape index (κ2) is 6.99. The molecule has 3 nitrogen and oxygen atoms in total. The molecule has 3 N–H and O–H groups in total. The normalized spacial score (nSPS) is 11.9. The first kappa shape index (κ1) is 13.6. The number of nitrogens with one attached hydrogen (secondary N) is 1. The van der Waals surface area contributed by atoms with E-state index in [0.29, 0.717) is 0 Å². The molecule has 1 aromatic heterocycles. The van der Waals surface area contributed by atoms with Crippen molar-refractivity contribution in [2.24, 2.45) is 11.1 Å². The summed E-state index contributed by atoms with van der Waals surface area (Å²) in [6, 6.07) is 0. The molecule has 92 valence electrons. The van der Waals surface area contributed by atoms with E-state index >= 15 is 0 Å². The zero-order valence-corrected chi connectivity index (χ0v) is 11.1. The Morgan fingerprint density at radius 1 is 1.44 bits per heavy atom. The van der Waals surface area contributed by atoms with Gasteiger partial charge >= 0.3 is 0 Å². The van der Waals surface area contributed by atoms with Crippen LogP contribution in [0.1, 0.15) is 32.4 Å². The number of hydrogen-bond donors (Lipinski definition) is 2. The van der Waals surface area contributed by atoms with Crippen LogP contribution in [0.5, 0.6) is 0 Å². The smallest absolute Gasteiger partial charge is 0.0794 e. The average Bonchev–Trinajstić information content (AvgIpc) is 2.83. The summed E-state index contributed by atoms with van der Waals surface area (Å²) in [5.41, 5.74) is 9.21. The highest BCUT2D eigenvalue weighted by molar-refractivity contribution is 7.07. The van der Waals surface area contributed by atoms with Crippen LogP contribution >= 0.6 is 11.3 Å². The number of hydrogen-bond acceptors (Lipinski definition) is 4. The molecule has 0 amide bonds. The highest BCUT2D eigenvalue weighted by Crippen LogP contribution is 2.23. The van der Waals surface area contributed by atoms with Crippen molar-refractivity contribution in [3.8, 4) is 0 Å². The van der Waals surface area contributed by atoms with Crippen molar-refractivity contribution in [1.29, 1.82) is 0 Å². The quantitative estimate of drug-likeness (QED) is 0.685. The van der Waals surface area contributed by atoms with Crippen molar-refractivity contribution in [2.45, 2.75) is 33.1 Å². The third-order valence-electron chi connectivity index (χ3n) is 3.47. The molecule has 0 saturated carbocycles. The van der Waals surface area contributed by atoms with Crippen LogP contribution in [0.15, 0.2) is 10.9 Å². The third kappa shape index (κ3) is 3.85. The Hall–Kier alpha value is -0.450. The van der Waals surface area contributed by atoms with E-state index in [-0.39, 0.29) is 5.41 Å². The SMILES string of the molecule is CCC(CC)(CN)CNCCc1cscn1. The Morgan fingerprint density at radius 2 is 2.19 bits per heavy atom. The van der Waals surface area contributed by atoms with Crippen LogP contribution < -0.4 is 11.1 Å². The maximum atomic E-state index is 5.85. The number of aromatic nitrogens is 1. The standard InChI is InChI=1S/C12H23N3S/c1-3-12(4-2,8-13)9-14-6-5-11-7-16-10-15-11/h7,10,14H,3-6,8-9,13H2,1-2H3. The number of rotatable bonds is 8. The maximum absolute atomic E-state index is 5.85. The molecule has 0 aliphatic heterocycles. The van der Waals surface area contributed by atoms with Crippen LogP contribution in [0.25, 0.3) is 0 Å². The first-order chi connectivity index (χ1) is 7.76. The summed E-state index contributed by atoms with van der Waals surface area (Å²) in [6.45, 7) is 7.22. The summed E-state index contributed by atoms with van der Waals surface area (Å²) in [4.78, 5) is 4.26. The zero-order chi connectivity index (χ0) is 11.9. The minimum absolute atomic E-state index is 0.280. The predicted octanol–water partition coefficient (Wildman–Crippen LogP) is 2.04. The van der Waals surface area contributed by atoms with Gasteiger partial charge in [0, 0.05) is 24.9 Å². The van der Waals surface area contributed by atoms with Crippen molar-refractivity contribution in [2.75, 3.05) is 19.6 Å². The van der Waals surface area contributed by atoms with Gasteiger partial charge in [-0.05, 0) is 24.8 Å². The van der Waals surface area contributed by atoms with Gasteiger partial charge in [0.15, 0.2) is 0 Å². The summed E-state index contributed by atoms with van der Waals surface area (Å²) in [5.74, 6) is 0. The molecule has 0 aromatic carbocycles. The van der Waals surface area contributed by atoms with Gasteiger partial charge in [-0.25, -0.2) is 4.98 Å². The van der Waals surface area contributed by atoms with Crippen molar-refractivity contribution >= 4 is 11.3 Å². The number of nitrogens with two attached hydrogens (primary N) is 1. The molecule has 0 unspecified atom stereocenters. The van der Waals surface area contributed by atoms with E-state index in [0.717, 1.165) is 38.9 Å². The van der Waals surface area contributed by atoms with E-state index in [4.69, 9.17) is 5.73 Å². The molecule has 16 heavy (non-hydrogen) atoms. The van der Waals surface area contributed by atoms with Crippen molar-refractivity contribution < 1.29 is 0 Å². The van der Waals surface area contributed by atoms with E-state index in [1.54, 1.807) is 11.3 Å². The second-order valence-corrected chi connectivity index (χ2v) is 5.04. The zero-order valence-electron chi connectivity index (χ0n) is 10.3. The minimum atomic E-state index is 0.280. The molecule has 0 radical (unpaired) electrons. The van der Waals surface area contributed by atoms with E-state index < -0.39 is 0 Å². The molecule has 0 spiro atoms. The Kier molecular flexibility index (Phi) is 5.95. The molecule has 1 aromatic rings. The van der Waals surface area contributed by atoms with Gasteiger partial charge in [-0.2, -0.15) is 0 Å². The monoisotopic (exact) mass is 241 g/mol. The van der Waals surface area contributed by atoms with E-state index in [1.165, 1.54) is 5.69 Å². The van der Waals surface area contributed by atoms with Crippen LogP contribution in [-0.4, -0.2) is 24.6 Å². The number of thiazole rings is 1. The summed E-state index contributed by atoms with van der Waals surface area (Å²) in [5, 5.41) is 5.61. The predicted molar refractivity (Wildman–Crippen MR) is 70.8 cm³/mol. The van der Waals surface area contributed by atoms with Gasteiger partial charge < -0.3 is 11.1 Å². The van der Waals surface area contributed by atoms with Gasteiger partial charge in [0.05, 0.1) is 11.2 Å². The van der Waals surface area contributed by atoms with Gasteiger partial charge in [0.2, 0.25) is 0 Å². The maximum Gasteiger partial charge on any atom is 0.0794 e. The lowest BCUT2D eigenvalue weighted by Crippen LogP contribution is -2.40. The third-order valence-corrected chi connectivity index (χ3v) is 4.11. The van der Waals surface area contributed by atoms with Gasteiger partial charge in [0.1, 0.15) is 0 Å². The molecule has 0 atom stereocenters. The Labute approximate surface area is 102 Å². The van der Waals surface area contributed by atoms with Crippen LogP contribution in [0.3, 0.4) is 0 Å². The van der Waals surface area contributed by atoms with Gasteiger partial charge in [-0.3, -0.25) is 0 Å². The lowest BCUT2D eigenvalue weighted by atomic mass is 9.82. The first-order valence-corrected chi connectivity index (χ1v) is 6.98. The Morgan fingerprint density at radius 3 is 2.69 bits per heavy atom. The highest BCUT2D eigenvalue weighted by atomic mass is 32.1. The molecule has 1 heterocycles. The molecule has 1 rings (SSSR count). The molecule has 0 fully saturated rings. The molecule has 0 aliphatic carbocycles. The van der Waals surface area contributed by atoms with Crippen LogP contribution in [0.2, 0.25) is 0 Å². The van der Waals surface area contributed by atoms with E-state index in [1.807, 2.05) is 5.51 Å².